The highest BCUT2D eigenvalue weighted by Gasteiger charge is 2.28. The van der Waals surface area contributed by atoms with Gasteiger partial charge < -0.3 is 25.4 Å². The number of aliphatic hydroxyl groups excluding tert-OH is 2. The second-order valence-corrected chi connectivity index (χ2v) is 5.97. The van der Waals surface area contributed by atoms with Gasteiger partial charge in [-0.2, -0.15) is 10.1 Å². The molecule has 4 N–H and O–H groups in total. The summed E-state index contributed by atoms with van der Waals surface area (Å²) in [5, 5.41) is 42.2. The van der Waals surface area contributed by atoms with Crippen LogP contribution in [0.5, 0.6) is 0 Å². The minimum Gasteiger partial charge on any atom is -0.393 e. The van der Waals surface area contributed by atoms with Gasteiger partial charge >= 0.3 is 0 Å². The van der Waals surface area contributed by atoms with E-state index < -0.39 is 24.7 Å². The lowest BCUT2D eigenvalue weighted by Crippen LogP contribution is -2.46. The zero-order valence-electron chi connectivity index (χ0n) is 15.1. The van der Waals surface area contributed by atoms with Gasteiger partial charge in [0, 0.05) is 25.9 Å². The Morgan fingerprint density at radius 1 is 0.739 bits per heavy atom. The summed E-state index contributed by atoms with van der Waals surface area (Å²) in [6, 6.07) is 0. The van der Waals surface area contributed by atoms with Gasteiger partial charge in [-0.1, -0.05) is 27.7 Å². The SMILES string of the molecule is CCCN(O)C(CC(O)CC)OC(CC(O)CC)N(O)CCC. The first-order valence-electron chi connectivity index (χ1n) is 8.81. The van der Waals surface area contributed by atoms with Gasteiger partial charge in [-0.25, -0.2) is 0 Å². The maximum atomic E-state index is 10.1. The smallest absolute Gasteiger partial charge is 0.137 e. The number of ether oxygens (including phenoxy) is 1. The van der Waals surface area contributed by atoms with Crippen LogP contribution in [-0.2, 0) is 4.74 Å². The maximum Gasteiger partial charge on any atom is 0.137 e. The van der Waals surface area contributed by atoms with Crippen molar-refractivity contribution in [2.24, 2.45) is 0 Å². The first kappa shape index (κ1) is 22.7. The molecule has 0 aliphatic carbocycles. The highest BCUT2D eigenvalue weighted by Crippen LogP contribution is 2.18. The Balaban J connectivity index is 4.98. The molecule has 0 aromatic rings. The highest BCUT2D eigenvalue weighted by atomic mass is 16.6. The first-order valence-corrected chi connectivity index (χ1v) is 8.81. The molecule has 0 spiro atoms. The van der Waals surface area contributed by atoms with Crippen molar-refractivity contribution in [1.29, 1.82) is 0 Å². The van der Waals surface area contributed by atoms with Crippen molar-refractivity contribution in [3.8, 4) is 0 Å². The summed E-state index contributed by atoms with van der Waals surface area (Å²) in [6.45, 7) is 8.40. The fourth-order valence-electron chi connectivity index (χ4n) is 2.22. The van der Waals surface area contributed by atoms with Crippen molar-refractivity contribution in [3.63, 3.8) is 0 Å². The largest absolute Gasteiger partial charge is 0.393 e. The molecule has 7 nitrogen and oxygen atoms in total. The molecule has 0 amide bonds. The molecular weight excluding hydrogens is 300 g/mol. The van der Waals surface area contributed by atoms with Crippen LogP contribution in [0.15, 0.2) is 0 Å². The third kappa shape index (κ3) is 9.56. The Hall–Kier alpha value is -0.280. The minimum absolute atomic E-state index is 0.242. The van der Waals surface area contributed by atoms with Crippen molar-refractivity contribution in [2.45, 2.75) is 90.9 Å². The van der Waals surface area contributed by atoms with Crippen molar-refractivity contribution >= 4 is 0 Å². The molecule has 23 heavy (non-hydrogen) atoms. The highest BCUT2D eigenvalue weighted by molar-refractivity contribution is 4.67. The lowest BCUT2D eigenvalue weighted by molar-refractivity contribution is -0.301. The topological polar surface area (TPSA) is 96.6 Å². The predicted octanol–water partition coefficient (Wildman–Crippen LogP) is 2.18. The third-order valence-corrected chi connectivity index (χ3v) is 3.77. The van der Waals surface area contributed by atoms with Crippen molar-refractivity contribution < 1.29 is 25.4 Å². The van der Waals surface area contributed by atoms with E-state index >= 15 is 0 Å². The summed E-state index contributed by atoms with van der Waals surface area (Å²) < 4.78 is 5.86. The Labute approximate surface area is 140 Å². The van der Waals surface area contributed by atoms with Crippen LogP contribution in [0, 0.1) is 0 Å². The fraction of sp³-hybridized carbons (Fsp3) is 1.00. The summed E-state index contributed by atoms with van der Waals surface area (Å²) in [6.07, 6.45) is 0.410. The molecule has 0 heterocycles. The summed E-state index contributed by atoms with van der Waals surface area (Å²) in [5.74, 6) is 0. The molecule has 140 valence electrons. The van der Waals surface area contributed by atoms with Gasteiger partial charge in [0.15, 0.2) is 0 Å². The summed E-state index contributed by atoms with van der Waals surface area (Å²) >= 11 is 0. The molecule has 0 radical (unpaired) electrons. The van der Waals surface area contributed by atoms with E-state index in [2.05, 4.69) is 0 Å². The van der Waals surface area contributed by atoms with Crippen molar-refractivity contribution in [3.05, 3.63) is 0 Å². The Morgan fingerprint density at radius 2 is 1.09 bits per heavy atom. The normalized spacial score (nSPS) is 17.5. The van der Waals surface area contributed by atoms with Gasteiger partial charge in [-0.05, 0) is 25.7 Å². The second-order valence-electron chi connectivity index (χ2n) is 5.97. The van der Waals surface area contributed by atoms with Gasteiger partial charge in [-0.15, -0.1) is 0 Å². The van der Waals surface area contributed by atoms with E-state index in [0.29, 0.717) is 25.9 Å². The lowest BCUT2D eigenvalue weighted by atomic mass is 10.1. The van der Waals surface area contributed by atoms with E-state index in [1.165, 1.54) is 0 Å². The van der Waals surface area contributed by atoms with Crippen LogP contribution in [0.3, 0.4) is 0 Å². The van der Waals surface area contributed by atoms with Crippen LogP contribution < -0.4 is 0 Å². The van der Waals surface area contributed by atoms with Crippen molar-refractivity contribution in [1.82, 2.24) is 10.1 Å². The third-order valence-electron chi connectivity index (χ3n) is 3.77. The Morgan fingerprint density at radius 3 is 1.35 bits per heavy atom. The molecule has 0 aromatic heterocycles. The molecule has 4 unspecified atom stereocenters. The molecule has 0 fully saturated rings. The number of hydrogen-bond acceptors (Lipinski definition) is 7. The van der Waals surface area contributed by atoms with Gasteiger partial charge in [0.2, 0.25) is 0 Å². The average Bonchev–Trinajstić information content (AvgIpc) is 2.53. The van der Waals surface area contributed by atoms with E-state index in [-0.39, 0.29) is 12.8 Å². The van der Waals surface area contributed by atoms with Crippen LogP contribution in [0.1, 0.15) is 66.2 Å². The predicted molar refractivity (Wildman–Crippen MR) is 88.1 cm³/mol. The second kappa shape index (κ2) is 13.1. The van der Waals surface area contributed by atoms with E-state index in [0.717, 1.165) is 23.0 Å². The van der Waals surface area contributed by atoms with Crippen LogP contribution in [0.25, 0.3) is 0 Å². The average molecular weight is 336 g/mol. The van der Waals surface area contributed by atoms with Crippen LogP contribution >= 0.6 is 0 Å². The quantitative estimate of drug-likeness (QED) is 0.285. The number of hydroxylamine groups is 4. The molecule has 0 aliphatic heterocycles. The van der Waals surface area contributed by atoms with Crippen LogP contribution in [-0.4, -0.2) is 68.5 Å². The van der Waals surface area contributed by atoms with Crippen LogP contribution in [0.2, 0.25) is 0 Å². The Kier molecular flexibility index (Phi) is 12.9. The summed E-state index contributed by atoms with van der Waals surface area (Å²) in [7, 11) is 0. The summed E-state index contributed by atoms with van der Waals surface area (Å²) in [4.78, 5) is 0. The molecule has 0 aliphatic rings. The zero-order valence-corrected chi connectivity index (χ0v) is 15.1. The monoisotopic (exact) mass is 336 g/mol. The van der Waals surface area contributed by atoms with E-state index in [1.807, 2.05) is 27.7 Å². The minimum atomic E-state index is -0.731. The molecule has 0 rings (SSSR count). The standard InChI is InChI=1S/C16H36N2O5/c1-5-9-17(21)15(11-13(19)7-3)23-16(12-14(20)8-4)18(22)10-6-2/h13-16,19-22H,5-12H2,1-4H3. The molecule has 7 heteroatoms. The van der Waals surface area contributed by atoms with Gasteiger partial charge in [0.1, 0.15) is 12.5 Å². The Bertz CT molecular complexity index is 257. The molecule has 0 bridgehead atoms. The van der Waals surface area contributed by atoms with E-state index in [1.54, 1.807) is 0 Å². The molecule has 4 atom stereocenters. The van der Waals surface area contributed by atoms with Gasteiger partial charge in [-0.3, -0.25) is 0 Å². The van der Waals surface area contributed by atoms with Crippen LogP contribution in [0.4, 0.5) is 0 Å². The molecule has 0 saturated carbocycles. The number of aliphatic hydroxyl groups is 2. The molecule has 0 saturated heterocycles. The van der Waals surface area contributed by atoms with Crippen molar-refractivity contribution in [2.75, 3.05) is 13.1 Å². The molecule has 0 aromatic carbocycles. The van der Waals surface area contributed by atoms with E-state index in [9.17, 15) is 20.6 Å². The fourth-order valence-corrected chi connectivity index (χ4v) is 2.22. The van der Waals surface area contributed by atoms with Gasteiger partial charge in [0.25, 0.3) is 0 Å². The molecular formula is C16H36N2O5. The lowest BCUT2D eigenvalue weighted by Gasteiger charge is -2.35. The number of nitrogens with zero attached hydrogens (tertiary/aromatic N) is 2. The maximum absolute atomic E-state index is 10.1. The van der Waals surface area contributed by atoms with E-state index in [4.69, 9.17) is 4.74 Å². The first-order chi connectivity index (χ1) is 10.9. The number of hydrogen-bond donors (Lipinski definition) is 4. The zero-order chi connectivity index (χ0) is 17.8. The number of rotatable bonds is 14. The summed E-state index contributed by atoms with van der Waals surface area (Å²) in [5.41, 5.74) is 0. The van der Waals surface area contributed by atoms with Gasteiger partial charge in [0.05, 0.1) is 12.2 Å².